The number of nitrogens with one attached hydrogen (secondary N) is 1. The smallest absolute Gasteiger partial charge is 0.124 e. The lowest BCUT2D eigenvalue weighted by atomic mass is 9.99. The van der Waals surface area contributed by atoms with E-state index in [4.69, 9.17) is 4.74 Å². The van der Waals surface area contributed by atoms with Gasteiger partial charge in [0, 0.05) is 23.8 Å². The van der Waals surface area contributed by atoms with Crippen molar-refractivity contribution >= 4 is 11.8 Å². The van der Waals surface area contributed by atoms with Crippen molar-refractivity contribution in [1.82, 2.24) is 5.32 Å². The Labute approximate surface area is 120 Å². The zero-order valence-electron chi connectivity index (χ0n) is 12.2. The lowest BCUT2D eigenvalue weighted by Gasteiger charge is -2.25. The molecule has 19 heavy (non-hydrogen) atoms. The quantitative estimate of drug-likeness (QED) is 0.736. The summed E-state index contributed by atoms with van der Waals surface area (Å²) in [7, 11) is 3.71. The maximum absolute atomic E-state index is 13.1. The minimum absolute atomic E-state index is 0.0847. The van der Waals surface area contributed by atoms with Crippen LogP contribution in [0.1, 0.15) is 26.7 Å². The Morgan fingerprint density at radius 3 is 2.74 bits per heavy atom. The molecule has 0 saturated carbocycles. The molecule has 0 radical (unpaired) electrons. The van der Waals surface area contributed by atoms with Crippen LogP contribution in [0.5, 0.6) is 0 Å². The molecule has 0 aliphatic rings. The van der Waals surface area contributed by atoms with Gasteiger partial charge in [0.15, 0.2) is 0 Å². The molecule has 0 heterocycles. The molecule has 1 aromatic carbocycles. The largest absolute Gasteiger partial charge is 0.379 e. The number of thioether (sulfide) groups is 1. The topological polar surface area (TPSA) is 21.3 Å². The molecule has 1 N–H and O–H groups in total. The van der Waals surface area contributed by atoms with E-state index in [-0.39, 0.29) is 11.4 Å². The van der Waals surface area contributed by atoms with Gasteiger partial charge in [-0.05, 0) is 51.9 Å². The molecule has 108 valence electrons. The van der Waals surface area contributed by atoms with E-state index in [1.165, 1.54) is 6.07 Å². The molecule has 0 aliphatic carbocycles. The van der Waals surface area contributed by atoms with E-state index in [9.17, 15) is 4.39 Å². The van der Waals surface area contributed by atoms with Crippen LogP contribution in [0.25, 0.3) is 0 Å². The summed E-state index contributed by atoms with van der Waals surface area (Å²) in [6.07, 6.45) is 2.04. The number of rotatable bonds is 8. The van der Waals surface area contributed by atoms with E-state index >= 15 is 0 Å². The molecule has 2 nitrogen and oxygen atoms in total. The van der Waals surface area contributed by atoms with E-state index in [2.05, 4.69) is 19.2 Å². The second-order valence-electron chi connectivity index (χ2n) is 5.26. The second-order valence-corrected chi connectivity index (χ2v) is 6.35. The molecular formula is C15H24FNOS. The molecule has 0 spiro atoms. The zero-order valence-corrected chi connectivity index (χ0v) is 13.0. The van der Waals surface area contributed by atoms with Crippen molar-refractivity contribution in [2.24, 2.45) is 0 Å². The third-order valence-corrected chi connectivity index (χ3v) is 4.46. The molecule has 1 atom stereocenters. The highest BCUT2D eigenvalue weighted by Gasteiger charge is 2.18. The van der Waals surface area contributed by atoms with Gasteiger partial charge < -0.3 is 10.1 Å². The summed E-state index contributed by atoms with van der Waals surface area (Å²) in [5, 5.41) is 3.31. The number of methoxy groups -OCH3 is 1. The predicted octanol–water partition coefficient (Wildman–Crippen LogP) is 3.71. The lowest BCUT2D eigenvalue weighted by molar-refractivity contribution is 0.0123. The standard InChI is InChI=1S/C15H24FNOS/c1-15(2,18-4)9-8-13(17-3)11-19-14-7-5-6-12(16)10-14/h5-7,10,13,17H,8-9,11H2,1-4H3. The molecule has 1 rings (SSSR count). The van der Waals surface area contributed by atoms with E-state index in [0.717, 1.165) is 23.5 Å². The van der Waals surface area contributed by atoms with Crippen LogP contribution in [-0.4, -0.2) is 31.6 Å². The van der Waals surface area contributed by atoms with Crippen molar-refractivity contribution in [1.29, 1.82) is 0 Å². The van der Waals surface area contributed by atoms with Crippen molar-refractivity contribution in [2.75, 3.05) is 19.9 Å². The van der Waals surface area contributed by atoms with Crippen LogP contribution < -0.4 is 5.32 Å². The molecule has 0 saturated heterocycles. The fraction of sp³-hybridized carbons (Fsp3) is 0.600. The first-order chi connectivity index (χ1) is 8.96. The van der Waals surface area contributed by atoms with Gasteiger partial charge in [-0.15, -0.1) is 11.8 Å². The molecule has 1 unspecified atom stereocenters. The average Bonchev–Trinajstić information content (AvgIpc) is 2.39. The van der Waals surface area contributed by atoms with E-state index in [0.29, 0.717) is 6.04 Å². The second kappa shape index (κ2) is 7.88. The first-order valence-corrected chi connectivity index (χ1v) is 7.56. The summed E-state index contributed by atoms with van der Waals surface area (Å²) in [4.78, 5) is 0.978. The van der Waals surface area contributed by atoms with Gasteiger partial charge in [0.1, 0.15) is 5.82 Å². The van der Waals surface area contributed by atoms with Crippen LogP contribution in [0.4, 0.5) is 4.39 Å². The summed E-state index contributed by atoms with van der Waals surface area (Å²) in [6, 6.07) is 7.15. The zero-order chi connectivity index (χ0) is 14.3. The fourth-order valence-corrected chi connectivity index (χ4v) is 2.79. The van der Waals surface area contributed by atoms with Gasteiger partial charge in [-0.2, -0.15) is 0 Å². The van der Waals surface area contributed by atoms with Crippen molar-refractivity contribution in [2.45, 2.75) is 43.2 Å². The monoisotopic (exact) mass is 285 g/mol. The van der Waals surface area contributed by atoms with Gasteiger partial charge in [0.2, 0.25) is 0 Å². The Hall–Kier alpha value is -0.580. The van der Waals surface area contributed by atoms with Crippen molar-refractivity contribution in [3.05, 3.63) is 30.1 Å². The molecular weight excluding hydrogens is 261 g/mol. The first-order valence-electron chi connectivity index (χ1n) is 6.57. The van der Waals surface area contributed by atoms with Crippen molar-refractivity contribution in [3.8, 4) is 0 Å². The summed E-state index contributed by atoms with van der Waals surface area (Å²) >= 11 is 1.68. The van der Waals surface area contributed by atoms with Crippen LogP contribution in [0.2, 0.25) is 0 Å². The number of ether oxygens (including phenoxy) is 1. The molecule has 0 amide bonds. The van der Waals surface area contributed by atoms with E-state index in [1.54, 1.807) is 31.0 Å². The lowest BCUT2D eigenvalue weighted by Crippen LogP contribution is -2.32. The molecule has 4 heteroatoms. The maximum atomic E-state index is 13.1. The van der Waals surface area contributed by atoms with Gasteiger partial charge in [0.25, 0.3) is 0 Å². The Bertz CT molecular complexity index is 384. The minimum Gasteiger partial charge on any atom is -0.379 e. The third-order valence-electron chi connectivity index (χ3n) is 3.30. The average molecular weight is 285 g/mol. The van der Waals surface area contributed by atoms with Crippen LogP contribution in [0, 0.1) is 5.82 Å². The summed E-state index contributed by atoms with van der Waals surface area (Å²) in [5.74, 6) is 0.756. The van der Waals surface area contributed by atoms with Gasteiger partial charge in [-0.3, -0.25) is 0 Å². The molecule has 1 aromatic rings. The van der Waals surface area contributed by atoms with E-state index in [1.807, 2.05) is 13.1 Å². The molecule has 0 aromatic heterocycles. The molecule has 0 aliphatic heterocycles. The maximum Gasteiger partial charge on any atom is 0.124 e. The normalized spacial score (nSPS) is 13.5. The number of hydrogen-bond acceptors (Lipinski definition) is 3. The van der Waals surface area contributed by atoms with Crippen molar-refractivity contribution < 1.29 is 9.13 Å². The van der Waals surface area contributed by atoms with Crippen LogP contribution in [0.3, 0.4) is 0 Å². The summed E-state index contributed by atoms with van der Waals surface area (Å²) < 4.78 is 18.5. The highest BCUT2D eigenvalue weighted by molar-refractivity contribution is 7.99. The Morgan fingerprint density at radius 1 is 1.42 bits per heavy atom. The number of hydrogen-bond donors (Lipinski definition) is 1. The Morgan fingerprint density at radius 2 is 2.16 bits per heavy atom. The highest BCUT2D eigenvalue weighted by Crippen LogP contribution is 2.22. The fourth-order valence-electron chi connectivity index (χ4n) is 1.69. The first kappa shape index (κ1) is 16.5. The molecule has 0 bridgehead atoms. The SMILES string of the molecule is CNC(CCC(C)(C)OC)CSc1cccc(F)c1. The number of halogens is 1. The summed E-state index contributed by atoms with van der Waals surface area (Å²) in [6.45, 7) is 4.19. The van der Waals surface area contributed by atoms with Gasteiger partial charge in [-0.25, -0.2) is 4.39 Å². The van der Waals surface area contributed by atoms with Gasteiger partial charge >= 0.3 is 0 Å². The highest BCUT2D eigenvalue weighted by atomic mass is 32.2. The van der Waals surface area contributed by atoms with Gasteiger partial charge in [-0.1, -0.05) is 6.07 Å². The predicted molar refractivity (Wildman–Crippen MR) is 80.3 cm³/mol. The molecule has 0 fully saturated rings. The Balaban J connectivity index is 2.40. The van der Waals surface area contributed by atoms with Crippen LogP contribution >= 0.6 is 11.8 Å². The third kappa shape index (κ3) is 6.41. The van der Waals surface area contributed by atoms with Crippen LogP contribution in [-0.2, 0) is 4.74 Å². The Kier molecular flexibility index (Phi) is 6.83. The van der Waals surface area contributed by atoms with Gasteiger partial charge in [0.05, 0.1) is 5.60 Å². The number of benzene rings is 1. The van der Waals surface area contributed by atoms with E-state index < -0.39 is 0 Å². The minimum atomic E-state index is -0.175. The van der Waals surface area contributed by atoms with Crippen LogP contribution in [0.15, 0.2) is 29.2 Å². The van der Waals surface area contributed by atoms with Crippen molar-refractivity contribution in [3.63, 3.8) is 0 Å². The summed E-state index contributed by atoms with van der Waals surface area (Å²) in [5.41, 5.74) is -0.0847.